The molecule has 0 atom stereocenters. The number of nitrogens with one attached hydrogen (secondary N) is 1. The van der Waals surface area contributed by atoms with E-state index >= 15 is 0 Å². The van der Waals surface area contributed by atoms with Crippen molar-refractivity contribution in [3.05, 3.63) is 70.7 Å². The minimum atomic E-state index is -0.131. The highest BCUT2D eigenvalue weighted by molar-refractivity contribution is 7.13. The highest BCUT2D eigenvalue weighted by Gasteiger charge is 2.16. The summed E-state index contributed by atoms with van der Waals surface area (Å²) in [6.45, 7) is 3.98. The number of aromatic nitrogens is 1. The van der Waals surface area contributed by atoms with Crippen LogP contribution in [0.25, 0.3) is 10.6 Å². The standard InChI is InChI=1S/C18H16N2OS/c1-12-6-3-7-13(2)16(12)20-18(21)14-8-4-10-19-17(14)15-9-5-11-22-15/h3-11H,1-2H3,(H,20,21). The van der Waals surface area contributed by atoms with Crippen LogP contribution in [-0.4, -0.2) is 10.9 Å². The first-order valence-corrected chi connectivity index (χ1v) is 7.91. The second-order valence-corrected chi connectivity index (χ2v) is 6.05. The maximum Gasteiger partial charge on any atom is 0.257 e. The van der Waals surface area contributed by atoms with Crippen molar-refractivity contribution >= 4 is 22.9 Å². The molecule has 2 heterocycles. The number of thiophene rings is 1. The molecule has 0 saturated heterocycles. The molecule has 3 rings (SSSR count). The Morgan fingerprint density at radius 3 is 2.50 bits per heavy atom. The predicted molar refractivity (Wildman–Crippen MR) is 91.4 cm³/mol. The van der Waals surface area contributed by atoms with Gasteiger partial charge in [0.05, 0.1) is 16.1 Å². The number of hydrogen-bond donors (Lipinski definition) is 1. The van der Waals surface area contributed by atoms with Gasteiger partial charge in [0.15, 0.2) is 0 Å². The molecule has 0 radical (unpaired) electrons. The van der Waals surface area contributed by atoms with E-state index in [1.165, 1.54) is 0 Å². The fourth-order valence-corrected chi connectivity index (χ4v) is 3.13. The maximum atomic E-state index is 12.7. The van der Waals surface area contributed by atoms with Crippen LogP contribution in [0.1, 0.15) is 21.5 Å². The number of pyridine rings is 1. The molecule has 2 aromatic heterocycles. The van der Waals surface area contributed by atoms with Gasteiger partial charge in [-0.15, -0.1) is 11.3 Å². The molecule has 1 amide bonds. The number of carbonyl (C=O) groups excluding carboxylic acids is 1. The Morgan fingerprint density at radius 1 is 1.05 bits per heavy atom. The number of carbonyl (C=O) groups is 1. The fraction of sp³-hybridized carbons (Fsp3) is 0.111. The Kier molecular flexibility index (Phi) is 4.02. The monoisotopic (exact) mass is 308 g/mol. The zero-order valence-corrected chi connectivity index (χ0v) is 13.3. The van der Waals surface area contributed by atoms with E-state index in [2.05, 4.69) is 10.3 Å². The van der Waals surface area contributed by atoms with Crippen LogP contribution in [0, 0.1) is 13.8 Å². The van der Waals surface area contributed by atoms with Crippen LogP contribution in [0.4, 0.5) is 5.69 Å². The van der Waals surface area contributed by atoms with E-state index in [-0.39, 0.29) is 5.91 Å². The predicted octanol–water partition coefficient (Wildman–Crippen LogP) is 4.68. The third-order valence-electron chi connectivity index (χ3n) is 3.53. The minimum Gasteiger partial charge on any atom is -0.321 e. The van der Waals surface area contributed by atoms with Crippen molar-refractivity contribution in [2.75, 3.05) is 5.32 Å². The molecular formula is C18H16N2OS. The van der Waals surface area contributed by atoms with E-state index in [1.54, 1.807) is 23.6 Å². The third kappa shape index (κ3) is 2.78. The molecule has 4 heteroatoms. The Hall–Kier alpha value is -2.46. The second-order valence-electron chi connectivity index (χ2n) is 5.10. The lowest BCUT2D eigenvalue weighted by molar-refractivity contribution is 0.102. The van der Waals surface area contributed by atoms with Crippen molar-refractivity contribution in [2.24, 2.45) is 0 Å². The van der Waals surface area contributed by atoms with Crippen LogP contribution in [0.5, 0.6) is 0 Å². The average molecular weight is 308 g/mol. The number of amides is 1. The SMILES string of the molecule is Cc1cccc(C)c1NC(=O)c1cccnc1-c1cccs1. The van der Waals surface area contributed by atoms with Crippen LogP contribution in [0.2, 0.25) is 0 Å². The smallest absolute Gasteiger partial charge is 0.257 e. The number of anilines is 1. The average Bonchev–Trinajstić information content (AvgIpc) is 3.05. The van der Waals surface area contributed by atoms with Crippen LogP contribution in [-0.2, 0) is 0 Å². The lowest BCUT2D eigenvalue weighted by Crippen LogP contribution is -2.15. The molecular weight excluding hydrogens is 292 g/mol. The summed E-state index contributed by atoms with van der Waals surface area (Å²) in [7, 11) is 0. The number of rotatable bonds is 3. The van der Waals surface area contributed by atoms with Gasteiger partial charge in [0.1, 0.15) is 0 Å². The summed E-state index contributed by atoms with van der Waals surface area (Å²) in [4.78, 5) is 18.1. The van der Waals surface area contributed by atoms with Crippen molar-refractivity contribution in [3.8, 4) is 10.6 Å². The van der Waals surface area contributed by atoms with E-state index in [4.69, 9.17) is 0 Å². The summed E-state index contributed by atoms with van der Waals surface area (Å²) in [5, 5.41) is 5.01. The molecule has 1 aromatic carbocycles. The summed E-state index contributed by atoms with van der Waals surface area (Å²) in [6, 6.07) is 13.5. The molecule has 0 saturated carbocycles. The molecule has 0 spiro atoms. The van der Waals surface area contributed by atoms with Gasteiger partial charge in [0, 0.05) is 11.9 Å². The van der Waals surface area contributed by atoms with Gasteiger partial charge in [-0.25, -0.2) is 0 Å². The van der Waals surface area contributed by atoms with E-state index in [0.29, 0.717) is 5.56 Å². The van der Waals surface area contributed by atoms with E-state index in [0.717, 1.165) is 27.4 Å². The van der Waals surface area contributed by atoms with Gasteiger partial charge in [0.25, 0.3) is 5.91 Å². The Balaban J connectivity index is 1.97. The van der Waals surface area contributed by atoms with Gasteiger partial charge in [-0.3, -0.25) is 9.78 Å². The summed E-state index contributed by atoms with van der Waals surface area (Å²) < 4.78 is 0. The van der Waals surface area contributed by atoms with Crippen molar-refractivity contribution in [3.63, 3.8) is 0 Å². The largest absolute Gasteiger partial charge is 0.321 e. The van der Waals surface area contributed by atoms with Crippen LogP contribution >= 0.6 is 11.3 Å². The van der Waals surface area contributed by atoms with E-state index in [9.17, 15) is 4.79 Å². The first kappa shape index (κ1) is 14.5. The Labute approximate surface area is 133 Å². The first-order valence-electron chi connectivity index (χ1n) is 7.03. The minimum absolute atomic E-state index is 0.131. The molecule has 1 N–H and O–H groups in total. The van der Waals surface area contributed by atoms with Gasteiger partial charge in [-0.05, 0) is 48.6 Å². The summed E-state index contributed by atoms with van der Waals surface area (Å²) in [5.41, 5.74) is 4.28. The van der Waals surface area contributed by atoms with Crippen molar-refractivity contribution in [2.45, 2.75) is 13.8 Å². The molecule has 0 fully saturated rings. The Morgan fingerprint density at radius 2 is 1.82 bits per heavy atom. The number of para-hydroxylation sites is 1. The summed E-state index contributed by atoms with van der Waals surface area (Å²) >= 11 is 1.58. The highest BCUT2D eigenvalue weighted by Crippen LogP contribution is 2.27. The second kappa shape index (κ2) is 6.12. The van der Waals surface area contributed by atoms with Crippen LogP contribution < -0.4 is 5.32 Å². The van der Waals surface area contributed by atoms with Gasteiger partial charge in [-0.1, -0.05) is 24.3 Å². The lowest BCUT2D eigenvalue weighted by atomic mass is 10.1. The molecule has 0 aliphatic rings. The van der Waals surface area contributed by atoms with Gasteiger partial charge in [-0.2, -0.15) is 0 Å². The number of hydrogen-bond acceptors (Lipinski definition) is 3. The number of aryl methyl sites for hydroxylation is 2. The topological polar surface area (TPSA) is 42.0 Å². The third-order valence-corrected chi connectivity index (χ3v) is 4.40. The fourth-order valence-electron chi connectivity index (χ4n) is 2.39. The molecule has 3 aromatic rings. The summed E-state index contributed by atoms with van der Waals surface area (Å²) in [5.74, 6) is -0.131. The normalized spacial score (nSPS) is 10.5. The molecule has 22 heavy (non-hydrogen) atoms. The number of nitrogens with zero attached hydrogens (tertiary/aromatic N) is 1. The zero-order chi connectivity index (χ0) is 15.5. The lowest BCUT2D eigenvalue weighted by Gasteiger charge is -2.12. The van der Waals surface area contributed by atoms with Crippen molar-refractivity contribution in [1.82, 2.24) is 4.98 Å². The molecule has 110 valence electrons. The van der Waals surface area contributed by atoms with E-state index in [1.807, 2.05) is 55.6 Å². The maximum absolute atomic E-state index is 12.7. The molecule has 3 nitrogen and oxygen atoms in total. The van der Waals surface area contributed by atoms with E-state index < -0.39 is 0 Å². The molecule has 0 bridgehead atoms. The zero-order valence-electron chi connectivity index (χ0n) is 12.5. The molecule has 0 aliphatic heterocycles. The van der Waals surface area contributed by atoms with Gasteiger partial charge < -0.3 is 5.32 Å². The molecule has 0 aliphatic carbocycles. The van der Waals surface area contributed by atoms with Crippen LogP contribution in [0.15, 0.2) is 54.0 Å². The first-order chi connectivity index (χ1) is 10.7. The quantitative estimate of drug-likeness (QED) is 0.763. The summed E-state index contributed by atoms with van der Waals surface area (Å²) in [6.07, 6.45) is 1.71. The van der Waals surface area contributed by atoms with Crippen LogP contribution in [0.3, 0.4) is 0 Å². The van der Waals surface area contributed by atoms with Gasteiger partial charge >= 0.3 is 0 Å². The highest BCUT2D eigenvalue weighted by atomic mass is 32.1. The molecule has 0 unspecified atom stereocenters. The Bertz CT molecular complexity index is 789. The van der Waals surface area contributed by atoms with Crippen molar-refractivity contribution < 1.29 is 4.79 Å². The van der Waals surface area contributed by atoms with Crippen molar-refractivity contribution in [1.29, 1.82) is 0 Å². The number of benzene rings is 1. The van der Waals surface area contributed by atoms with Gasteiger partial charge in [0.2, 0.25) is 0 Å².